The van der Waals surface area contributed by atoms with Gasteiger partial charge in [-0.3, -0.25) is 9.59 Å². The zero-order chi connectivity index (χ0) is 21.2. The molecule has 4 aliphatic rings. The van der Waals surface area contributed by atoms with Crippen LogP contribution in [0.3, 0.4) is 0 Å². The molecule has 2 bridgehead atoms. The molecule has 0 aromatic rings. The van der Waals surface area contributed by atoms with Gasteiger partial charge in [0.1, 0.15) is 24.4 Å². The quantitative estimate of drug-likeness (QED) is 0.423. The minimum atomic E-state index is -0.647. The van der Waals surface area contributed by atoms with Gasteiger partial charge in [-0.15, -0.1) is 0 Å². The number of aliphatic hydroxyl groups excluding tert-OH is 1. The van der Waals surface area contributed by atoms with Gasteiger partial charge in [-0.2, -0.15) is 0 Å². The van der Waals surface area contributed by atoms with Crippen molar-refractivity contribution < 1.29 is 33.6 Å². The molecule has 162 valence electrons. The minimum Gasteiger partial charge on any atom is -0.465 e. The molecule has 29 heavy (non-hydrogen) atoms. The molecular formula is C22H32O7. The number of carbonyl (C=O) groups excluding carboxylic acids is 2. The SMILES string of the molecule is CC(=O)OC[C@]12C[C@H](OC(=O)CC(C)C)C(C)=C[C@H]1O[C@@H]1[C@H](O)C[C@@]2(C)[C@@]12CO2. The van der Waals surface area contributed by atoms with Crippen LogP contribution in [0.2, 0.25) is 0 Å². The highest BCUT2D eigenvalue weighted by Gasteiger charge is 2.81. The van der Waals surface area contributed by atoms with Gasteiger partial charge in [0.25, 0.3) is 0 Å². The summed E-state index contributed by atoms with van der Waals surface area (Å²) >= 11 is 0. The second-order valence-electron chi connectivity index (χ2n) is 9.89. The number of aliphatic hydroxyl groups is 1. The van der Waals surface area contributed by atoms with E-state index in [1.807, 2.05) is 26.8 Å². The van der Waals surface area contributed by atoms with E-state index < -0.39 is 34.7 Å². The second kappa shape index (κ2) is 6.79. The van der Waals surface area contributed by atoms with Crippen molar-refractivity contribution in [2.45, 2.75) is 83.9 Å². The molecule has 7 nitrogen and oxygen atoms in total. The van der Waals surface area contributed by atoms with Crippen LogP contribution in [-0.4, -0.2) is 60.3 Å². The lowest BCUT2D eigenvalue weighted by atomic mass is 9.51. The van der Waals surface area contributed by atoms with Crippen LogP contribution in [0.25, 0.3) is 0 Å². The van der Waals surface area contributed by atoms with Gasteiger partial charge in [0.2, 0.25) is 0 Å². The highest BCUT2D eigenvalue weighted by Crippen LogP contribution is 2.71. The van der Waals surface area contributed by atoms with Crippen molar-refractivity contribution in [3.8, 4) is 0 Å². The van der Waals surface area contributed by atoms with Gasteiger partial charge in [0.05, 0.1) is 18.8 Å². The summed E-state index contributed by atoms with van der Waals surface area (Å²) in [6.45, 7) is 10.0. The lowest BCUT2D eigenvalue weighted by molar-refractivity contribution is -0.230. The van der Waals surface area contributed by atoms with E-state index in [1.165, 1.54) is 6.92 Å². The Balaban J connectivity index is 1.71. The first kappa shape index (κ1) is 20.8. The van der Waals surface area contributed by atoms with E-state index >= 15 is 0 Å². The Bertz CT molecular complexity index is 739. The number of carbonyl (C=O) groups is 2. The van der Waals surface area contributed by atoms with Crippen molar-refractivity contribution >= 4 is 11.9 Å². The summed E-state index contributed by atoms with van der Waals surface area (Å²) in [6.07, 6.45) is 1.50. The third-order valence-corrected chi connectivity index (χ3v) is 7.61. The molecule has 0 radical (unpaired) electrons. The maximum absolute atomic E-state index is 12.4. The van der Waals surface area contributed by atoms with Crippen molar-refractivity contribution in [3.63, 3.8) is 0 Å². The van der Waals surface area contributed by atoms with Crippen LogP contribution in [0.15, 0.2) is 11.6 Å². The van der Waals surface area contributed by atoms with Crippen LogP contribution < -0.4 is 0 Å². The summed E-state index contributed by atoms with van der Waals surface area (Å²) in [7, 11) is 0. The Hall–Kier alpha value is -1.44. The first-order chi connectivity index (χ1) is 13.5. The van der Waals surface area contributed by atoms with Crippen LogP contribution in [-0.2, 0) is 28.5 Å². The predicted octanol–water partition coefficient (Wildman–Crippen LogP) is 2.15. The van der Waals surface area contributed by atoms with E-state index in [0.717, 1.165) is 5.57 Å². The molecule has 1 N–H and O–H groups in total. The maximum Gasteiger partial charge on any atom is 0.306 e. The van der Waals surface area contributed by atoms with Crippen LogP contribution in [0.4, 0.5) is 0 Å². The Kier molecular flexibility index (Phi) is 4.87. The largest absolute Gasteiger partial charge is 0.465 e. The molecule has 0 aromatic carbocycles. The second-order valence-corrected chi connectivity index (χ2v) is 9.89. The normalized spacial score (nSPS) is 45.0. The molecule has 0 unspecified atom stereocenters. The number of hydrogen-bond donors (Lipinski definition) is 1. The molecular weight excluding hydrogens is 376 g/mol. The smallest absolute Gasteiger partial charge is 0.306 e. The van der Waals surface area contributed by atoms with Crippen LogP contribution in [0.1, 0.15) is 53.9 Å². The van der Waals surface area contributed by atoms with Crippen molar-refractivity contribution in [1.82, 2.24) is 0 Å². The van der Waals surface area contributed by atoms with Crippen molar-refractivity contribution in [2.24, 2.45) is 16.7 Å². The highest BCUT2D eigenvalue weighted by atomic mass is 16.6. The Morgan fingerprint density at radius 2 is 2.03 bits per heavy atom. The zero-order valence-corrected chi connectivity index (χ0v) is 17.9. The van der Waals surface area contributed by atoms with Gasteiger partial charge >= 0.3 is 11.9 Å². The van der Waals surface area contributed by atoms with Gasteiger partial charge in [0.15, 0.2) is 0 Å². The number of fused-ring (bicyclic) bond motifs is 2. The highest BCUT2D eigenvalue weighted by molar-refractivity contribution is 5.70. The topological polar surface area (TPSA) is 94.6 Å². The first-order valence-electron chi connectivity index (χ1n) is 10.5. The maximum atomic E-state index is 12.4. The molecule has 2 heterocycles. The molecule has 4 rings (SSSR count). The monoisotopic (exact) mass is 408 g/mol. The fourth-order valence-electron chi connectivity index (χ4n) is 5.89. The van der Waals surface area contributed by atoms with Gasteiger partial charge < -0.3 is 24.1 Å². The zero-order valence-electron chi connectivity index (χ0n) is 17.9. The number of hydrogen-bond acceptors (Lipinski definition) is 7. The molecule has 1 spiro atoms. The molecule has 7 atom stereocenters. The third-order valence-electron chi connectivity index (χ3n) is 7.61. The van der Waals surface area contributed by atoms with E-state index in [1.54, 1.807) is 0 Å². The third kappa shape index (κ3) is 2.96. The Morgan fingerprint density at radius 1 is 1.34 bits per heavy atom. The predicted molar refractivity (Wildman–Crippen MR) is 103 cm³/mol. The summed E-state index contributed by atoms with van der Waals surface area (Å²) < 4.78 is 23.7. The summed E-state index contributed by atoms with van der Waals surface area (Å²) in [5.41, 5.74) is -0.765. The molecule has 1 saturated carbocycles. The average molecular weight is 408 g/mol. The molecule has 0 aromatic heterocycles. The fraction of sp³-hybridized carbons (Fsp3) is 0.818. The van der Waals surface area contributed by atoms with Gasteiger partial charge in [-0.05, 0) is 24.8 Å². The van der Waals surface area contributed by atoms with Crippen LogP contribution in [0.5, 0.6) is 0 Å². The molecule has 3 fully saturated rings. The number of epoxide rings is 1. The molecule has 0 amide bonds. The summed E-state index contributed by atoms with van der Waals surface area (Å²) in [4.78, 5) is 24.1. The summed E-state index contributed by atoms with van der Waals surface area (Å²) in [5.74, 6) is -0.391. The molecule has 7 heteroatoms. The van der Waals surface area contributed by atoms with E-state index in [9.17, 15) is 14.7 Å². The molecule has 2 aliphatic carbocycles. The van der Waals surface area contributed by atoms with E-state index in [-0.39, 0.29) is 30.6 Å². The van der Waals surface area contributed by atoms with Gasteiger partial charge in [0, 0.05) is 30.6 Å². The van der Waals surface area contributed by atoms with E-state index in [0.29, 0.717) is 25.9 Å². The summed E-state index contributed by atoms with van der Waals surface area (Å²) in [5, 5.41) is 10.7. The van der Waals surface area contributed by atoms with Crippen LogP contribution in [0, 0.1) is 16.7 Å². The van der Waals surface area contributed by atoms with Gasteiger partial charge in [-0.1, -0.05) is 26.8 Å². The van der Waals surface area contributed by atoms with E-state index in [2.05, 4.69) is 6.92 Å². The van der Waals surface area contributed by atoms with Crippen molar-refractivity contribution in [3.05, 3.63) is 11.6 Å². The molecule has 2 saturated heterocycles. The Morgan fingerprint density at radius 3 is 2.62 bits per heavy atom. The van der Waals surface area contributed by atoms with Crippen molar-refractivity contribution in [1.29, 1.82) is 0 Å². The first-order valence-corrected chi connectivity index (χ1v) is 10.5. The standard InChI is InChI=1S/C22H32O7/c1-12(2)6-18(25)28-16-9-21(10-26-14(4)23)17(7-13(16)3)29-19-15(24)8-20(21,5)22(19)11-27-22/h7,12,15-17,19,24H,6,8-11H2,1-5H3/t15-,16+,17-,19-,20-,21-,22-/m1/s1. The summed E-state index contributed by atoms with van der Waals surface area (Å²) in [6, 6.07) is 0. The van der Waals surface area contributed by atoms with Crippen molar-refractivity contribution in [2.75, 3.05) is 13.2 Å². The lowest BCUT2D eigenvalue weighted by Crippen LogP contribution is -2.66. The number of esters is 2. The van der Waals surface area contributed by atoms with Crippen LogP contribution >= 0.6 is 0 Å². The average Bonchev–Trinajstić information content (AvgIpc) is 3.37. The molecule has 2 aliphatic heterocycles. The Labute approximate surface area is 171 Å². The van der Waals surface area contributed by atoms with Gasteiger partial charge in [-0.25, -0.2) is 0 Å². The minimum absolute atomic E-state index is 0.135. The fourth-order valence-corrected chi connectivity index (χ4v) is 5.89. The lowest BCUT2D eigenvalue weighted by Gasteiger charge is -2.58. The number of ether oxygens (including phenoxy) is 4. The van der Waals surface area contributed by atoms with E-state index in [4.69, 9.17) is 18.9 Å². The number of rotatable bonds is 5.